The summed E-state index contributed by atoms with van der Waals surface area (Å²) in [6, 6.07) is -0.0902. The summed E-state index contributed by atoms with van der Waals surface area (Å²) in [5.41, 5.74) is -0.1000. The largest absolute Gasteiger partial charge is 0.476 e. The second kappa shape index (κ2) is 6.79. The van der Waals surface area contributed by atoms with Gasteiger partial charge < -0.3 is 15.3 Å². The number of nitrogens with zero attached hydrogens (tertiary/aromatic N) is 4. The van der Waals surface area contributed by atoms with E-state index in [1.165, 1.54) is 10.9 Å². The number of nitrogens with one attached hydrogen (secondary N) is 1. The number of aromatic carboxylic acids is 1. The van der Waals surface area contributed by atoms with E-state index in [0.29, 0.717) is 23.6 Å². The number of amides is 2. The zero-order valence-electron chi connectivity index (χ0n) is 12.0. The van der Waals surface area contributed by atoms with Gasteiger partial charge in [-0.1, -0.05) is 19.1 Å². The van der Waals surface area contributed by atoms with Gasteiger partial charge in [0.25, 0.3) is 0 Å². The molecule has 21 heavy (non-hydrogen) atoms. The molecule has 0 saturated carbocycles. The Morgan fingerprint density at radius 3 is 2.67 bits per heavy atom. The van der Waals surface area contributed by atoms with Gasteiger partial charge in [0.2, 0.25) is 0 Å². The number of hydrogen-bond donors (Lipinski definition) is 2. The monoisotopic (exact) mass is 313 g/mol. The lowest BCUT2D eigenvalue weighted by Crippen LogP contribution is -2.49. The molecule has 1 fully saturated rings. The lowest BCUT2D eigenvalue weighted by molar-refractivity contribution is 0.0690. The Morgan fingerprint density at radius 1 is 1.43 bits per heavy atom. The Morgan fingerprint density at radius 2 is 2.10 bits per heavy atom. The maximum Gasteiger partial charge on any atom is 0.358 e. The second-order valence-electron chi connectivity index (χ2n) is 5.07. The fourth-order valence-corrected chi connectivity index (χ4v) is 3.56. The van der Waals surface area contributed by atoms with Crippen molar-refractivity contribution >= 4 is 23.8 Å². The molecular weight excluding hydrogens is 294 g/mol. The molecule has 2 unspecified atom stereocenters. The summed E-state index contributed by atoms with van der Waals surface area (Å²) in [5, 5.41) is 19.6. The Bertz CT molecular complexity index is 511. The third-order valence-corrected chi connectivity index (χ3v) is 4.31. The van der Waals surface area contributed by atoms with Crippen LogP contribution < -0.4 is 5.32 Å². The van der Waals surface area contributed by atoms with Gasteiger partial charge in [-0.05, 0) is 0 Å². The summed E-state index contributed by atoms with van der Waals surface area (Å²) >= 11 is 1.89. The number of rotatable bonds is 4. The normalized spacial score (nSPS) is 22.1. The van der Waals surface area contributed by atoms with Crippen molar-refractivity contribution in [1.29, 1.82) is 0 Å². The molecular formula is C12H19N5O3S. The highest BCUT2D eigenvalue weighted by Crippen LogP contribution is 2.24. The minimum absolute atomic E-state index is 0.0902. The van der Waals surface area contributed by atoms with E-state index < -0.39 is 5.97 Å². The first-order chi connectivity index (χ1) is 9.95. The molecule has 116 valence electrons. The van der Waals surface area contributed by atoms with Crippen molar-refractivity contribution in [3.8, 4) is 0 Å². The van der Waals surface area contributed by atoms with E-state index in [-0.39, 0.29) is 11.7 Å². The Hall–Kier alpha value is -1.77. The zero-order valence-corrected chi connectivity index (χ0v) is 12.8. The van der Waals surface area contributed by atoms with Crippen LogP contribution in [0, 0.1) is 0 Å². The molecule has 2 N–H and O–H groups in total. The Labute approximate surface area is 126 Å². The number of thioether (sulfide) groups is 1. The van der Waals surface area contributed by atoms with Gasteiger partial charge in [0.05, 0.1) is 12.7 Å². The molecule has 1 aliphatic heterocycles. The number of aromatic nitrogens is 3. The van der Waals surface area contributed by atoms with Crippen LogP contribution in [-0.4, -0.2) is 67.1 Å². The first kappa shape index (κ1) is 15.6. The molecule has 2 rings (SSSR count). The number of carbonyl (C=O) groups excluding carboxylic acids is 1. The summed E-state index contributed by atoms with van der Waals surface area (Å²) in [6.45, 7) is 6.49. The van der Waals surface area contributed by atoms with Crippen molar-refractivity contribution in [2.45, 2.75) is 30.9 Å². The van der Waals surface area contributed by atoms with Gasteiger partial charge in [0, 0.05) is 30.1 Å². The molecule has 0 aliphatic carbocycles. The maximum absolute atomic E-state index is 12.1. The highest BCUT2D eigenvalue weighted by atomic mass is 32.2. The predicted octanol–water partition coefficient (Wildman–Crippen LogP) is 0.512. The van der Waals surface area contributed by atoms with E-state index in [9.17, 15) is 9.59 Å². The topological polar surface area (TPSA) is 100 Å². The quantitative estimate of drug-likeness (QED) is 0.840. The number of carboxylic acid groups (broad SMARTS) is 1. The van der Waals surface area contributed by atoms with Crippen LogP contribution in [0.3, 0.4) is 0 Å². The summed E-state index contributed by atoms with van der Waals surface area (Å²) in [5.74, 6) is -1.11. The molecule has 0 bridgehead atoms. The van der Waals surface area contributed by atoms with Crippen molar-refractivity contribution in [2.75, 3.05) is 19.6 Å². The maximum atomic E-state index is 12.1. The number of carbonyl (C=O) groups is 2. The standard InChI is InChI=1S/C12H19N5O3S/c1-8-5-16(6-9(2)21-8)12(20)13-3-4-17-7-10(11(18)19)14-15-17/h7-9H,3-6H2,1-2H3,(H,13,20)(H,18,19). The average molecular weight is 313 g/mol. The van der Waals surface area contributed by atoms with Crippen molar-refractivity contribution in [3.05, 3.63) is 11.9 Å². The first-order valence-electron chi connectivity index (χ1n) is 6.77. The summed E-state index contributed by atoms with van der Waals surface area (Å²) in [7, 11) is 0. The number of hydrogen-bond acceptors (Lipinski definition) is 5. The molecule has 0 aromatic carbocycles. The van der Waals surface area contributed by atoms with E-state index in [1.807, 2.05) is 16.7 Å². The van der Waals surface area contributed by atoms with Gasteiger partial charge >= 0.3 is 12.0 Å². The molecule has 8 nitrogen and oxygen atoms in total. The van der Waals surface area contributed by atoms with Gasteiger partial charge in [0.1, 0.15) is 0 Å². The fourth-order valence-electron chi connectivity index (χ4n) is 2.24. The molecule has 1 saturated heterocycles. The molecule has 2 heterocycles. The second-order valence-corrected chi connectivity index (χ2v) is 6.95. The van der Waals surface area contributed by atoms with Crippen molar-refractivity contribution in [3.63, 3.8) is 0 Å². The number of urea groups is 1. The van der Waals surface area contributed by atoms with E-state index in [4.69, 9.17) is 5.11 Å². The Balaban J connectivity index is 1.77. The Kier molecular flexibility index (Phi) is 5.05. The van der Waals surface area contributed by atoms with Crippen LogP contribution in [0.25, 0.3) is 0 Å². The van der Waals surface area contributed by atoms with Gasteiger partial charge in [-0.15, -0.1) is 5.10 Å². The predicted molar refractivity (Wildman–Crippen MR) is 78.5 cm³/mol. The highest BCUT2D eigenvalue weighted by molar-refractivity contribution is 8.00. The van der Waals surface area contributed by atoms with Gasteiger partial charge in [-0.25, -0.2) is 14.3 Å². The fraction of sp³-hybridized carbons (Fsp3) is 0.667. The van der Waals surface area contributed by atoms with E-state index in [0.717, 1.165) is 13.1 Å². The summed E-state index contributed by atoms with van der Waals surface area (Å²) in [6.07, 6.45) is 1.34. The van der Waals surface area contributed by atoms with Crippen LogP contribution in [0.4, 0.5) is 4.79 Å². The third-order valence-electron chi connectivity index (χ3n) is 3.08. The van der Waals surface area contributed by atoms with Gasteiger partial charge in [0.15, 0.2) is 5.69 Å². The SMILES string of the molecule is CC1CN(C(=O)NCCn2cc(C(=O)O)nn2)CC(C)S1. The zero-order chi connectivity index (χ0) is 15.4. The molecule has 1 aliphatic rings. The van der Waals surface area contributed by atoms with Crippen LogP contribution in [0.1, 0.15) is 24.3 Å². The van der Waals surface area contributed by atoms with E-state index in [1.54, 1.807) is 0 Å². The molecule has 2 amide bonds. The highest BCUT2D eigenvalue weighted by Gasteiger charge is 2.25. The van der Waals surface area contributed by atoms with Gasteiger partial charge in [-0.2, -0.15) is 11.8 Å². The molecule has 9 heteroatoms. The summed E-state index contributed by atoms with van der Waals surface area (Å²) in [4.78, 5) is 24.5. The molecule has 1 aromatic rings. The molecule has 2 atom stereocenters. The van der Waals surface area contributed by atoms with Crippen LogP contribution in [0.2, 0.25) is 0 Å². The van der Waals surface area contributed by atoms with Crippen LogP contribution in [0.15, 0.2) is 6.20 Å². The minimum Gasteiger partial charge on any atom is -0.476 e. The average Bonchev–Trinajstić information content (AvgIpc) is 2.86. The van der Waals surface area contributed by atoms with Crippen molar-refractivity contribution in [2.24, 2.45) is 0 Å². The third kappa shape index (κ3) is 4.35. The van der Waals surface area contributed by atoms with Crippen molar-refractivity contribution < 1.29 is 14.7 Å². The van der Waals surface area contributed by atoms with Crippen LogP contribution in [0.5, 0.6) is 0 Å². The van der Waals surface area contributed by atoms with Crippen LogP contribution in [-0.2, 0) is 6.54 Å². The molecule has 0 spiro atoms. The smallest absolute Gasteiger partial charge is 0.358 e. The lowest BCUT2D eigenvalue weighted by atomic mass is 10.3. The van der Waals surface area contributed by atoms with E-state index >= 15 is 0 Å². The first-order valence-corrected chi connectivity index (χ1v) is 7.71. The van der Waals surface area contributed by atoms with Gasteiger partial charge in [-0.3, -0.25) is 0 Å². The van der Waals surface area contributed by atoms with Crippen LogP contribution >= 0.6 is 11.8 Å². The molecule has 0 radical (unpaired) electrons. The van der Waals surface area contributed by atoms with Crippen molar-refractivity contribution in [1.82, 2.24) is 25.2 Å². The minimum atomic E-state index is -1.11. The van der Waals surface area contributed by atoms with E-state index in [2.05, 4.69) is 29.5 Å². The summed E-state index contributed by atoms with van der Waals surface area (Å²) < 4.78 is 1.40. The lowest BCUT2D eigenvalue weighted by Gasteiger charge is -2.34. The number of carboxylic acids is 1. The molecule has 1 aromatic heterocycles.